The molecule has 2 aromatic heterocycles. The molecule has 0 spiro atoms. The van der Waals surface area contributed by atoms with Crippen molar-refractivity contribution in [2.24, 2.45) is 0 Å². The number of rotatable bonds is 8. The van der Waals surface area contributed by atoms with Gasteiger partial charge in [0, 0.05) is 22.3 Å². The first-order valence-corrected chi connectivity index (χ1v) is 20.0. The summed E-state index contributed by atoms with van der Waals surface area (Å²) >= 11 is 0. The van der Waals surface area contributed by atoms with Crippen LogP contribution in [0.4, 0.5) is 0 Å². The van der Waals surface area contributed by atoms with Crippen LogP contribution >= 0.6 is 0 Å². The first-order valence-electron chi connectivity index (χ1n) is 20.0. The molecule has 0 atom stereocenters. The Morgan fingerprint density at radius 2 is 0.689 bits per heavy atom. The molecule has 9 aromatic rings. The number of fused-ring (bicyclic) bond motifs is 1. The van der Waals surface area contributed by atoms with Crippen molar-refractivity contribution in [1.82, 2.24) is 15.0 Å². The topological polar surface area (TPSA) is 62.5 Å². The minimum Gasteiger partial charge on any atom is -0.248 e. The summed E-state index contributed by atoms with van der Waals surface area (Å²) in [5.74, 6) is 0. The summed E-state index contributed by atoms with van der Waals surface area (Å²) in [5, 5.41) is 9.31. The maximum Gasteiger partial charge on any atom is 0.0991 e. The Morgan fingerprint density at radius 3 is 1.03 bits per heavy atom. The average molecular weight is 785 g/mol. The van der Waals surface area contributed by atoms with Crippen LogP contribution in [0.3, 0.4) is 0 Å². The molecule has 4 nitrogen and oxygen atoms in total. The Morgan fingerprint density at radius 1 is 0.377 bits per heavy atom. The summed E-state index contributed by atoms with van der Waals surface area (Å²) in [7, 11) is 0. The van der Waals surface area contributed by atoms with Gasteiger partial charge in [-0.1, -0.05) is 189 Å². The normalized spacial score (nSPS) is 10.2. The highest BCUT2D eigenvalue weighted by molar-refractivity contribution is 5.87. The summed E-state index contributed by atoms with van der Waals surface area (Å²) in [6, 6.07) is 68.7. The monoisotopic (exact) mass is 784 g/mol. The maximum atomic E-state index is 9.31. The van der Waals surface area contributed by atoms with E-state index < -0.39 is 0 Å². The van der Waals surface area contributed by atoms with Crippen molar-refractivity contribution in [2.45, 2.75) is 6.92 Å². The van der Waals surface area contributed by atoms with Gasteiger partial charge in [-0.2, -0.15) is 5.26 Å². The zero-order chi connectivity index (χ0) is 42.4. The lowest BCUT2D eigenvalue weighted by atomic mass is 9.96. The zero-order valence-corrected chi connectivity index (χ0v) is 34.1. The van der Waals surface area contributed by atoms with E-state index in [1.807, 2.05) is 67.6 Å². The zero-order valence-electron chi connectivity index (χ0n) is 34.1. The molecule has 0 aliphatic heterocycles. The highest BCUT2D eigenvalue weighted by atomic mass is 14.8. The summed E-state index contributed by atoms with van der Waals surface area (Å²) in [4.78, 5) is 15.1. The highest BCUT2D eigenvalue weighted by Crippen LogP contribution is 2.35. The van der Waals surface area contributed by atoms with Crippen LogP contribution in [0.1, 0.15) is 12.5 Å². The Bertz CT molecular complexity index is 2860. The second-order valence-electron chi connectivity index (χ2n) is 14.1. The van der Waals surface area contributed by atoms with Crippen molar-refractivity contribution in [3.8, 4) is 84.5 Å². The number of pyridine rings is 1. The smallest absolute Gasteiger partial charge is 0.0991 e. The molecular weight excluding hydrogens is 741 g/mol. The van der Waals surface area contributed by atoms with Gasteiger partial charge in [0.25, 0.3) is 0 Å². The van der Waals surface area contributed by atoms with Gasteiger partial charge in [-0.15, -0.1) is 6.58 Å². The Balaban J connectivity index is 0.000000749. The fourth-order valence-electron chi connectivity index (χ4n) is 6.85. The Kier molecular flexibility index (Phi) is 13.4. The maximum absolute atomic E-state index is 9.31. The third-order valence-corrected chi connectivity index (χ3v) is 9.92. The minimum atomic E-state index is 0.613. The van der Waals surface area contributed by atoms with Crippen molar-refractivity contribution in [3.05, 3.63) is 238 Å². The molecule has 9 rings (SSSR count). The van der Waals surface area contributed by atoms with E-state index in [9.17, 15) is 5.26 Å². The second kappa shape index (κ2) is 19.9. The lowest BCUT2D eigenvalue weighted by Crippen LogP contribution is -1.95. The van der Waals surface area contributed by atoms with Crippen LogP contribution < -0.4 is 0 Å². The lowest BCUT2D eigenvalue weighted by molar-refractivity contribution is 1.29. The van der Waals surface area contributed by atoms with Crippen LogP contribution in [0.15, 0.2) is 232 Å². The molecule has 7 aromatic carbocycles. The van der Waals surface area contributed by atoms with Crippen molar-refractivity contribution in [2.75, 3.05) is 0 Å². The second-order valence-corrected chi connectivity index (χ2v) is 14.1. The van der Waals surface area contributed by atoms with Gasteiger partial charge < -0.3 is 0 Å². The number of nitriles is 1. The van der Waals surface area contributed by atoms with Gasteiger partial charge in [0.15, 0.2) is 0 Å². The molecule has 2 heterocycles. The fourth-order valence-corrected chi connectivity index (χ4v) is 6.85. The lowest BCUT2D eigenvalue weighted by Gasteiger charge is -2.12. The van der Waals surface area contributed by atoms with Crippen molar-refractivity contribution >= 4 is 11.0 Å². The molecule has 0 saturated heterocycles. The van der Waals surface area contributed by atoms with Gasteiger partial charge >= 0.3 is 0 Å². The van der Waals surface area contributed by atoms with Gasteiger partial charge in [-0.3, -0.25) is 0 Å². The molecule has 0 aliphatic rings. The summed E-state index contributed by atoms with van der Waals surface area (Å²) in [5.41, 5.74) is 16.7. The number of nitrogens with zero attached hydrogens (tertiary/aromatic N) is 4. The molecule has 0 bridgehead atoms. The molecule has 0 saturated carbocycles. The van der Waals surface area contributed by atoms with E-state index in [2.05, 4.69) is 159 Å². The van der Waals surface area contributed by atoms with E-state index in [0.29, 0.717) is 5.56 Å². The van der Waals surface area contributed by atoms with Gasteiger partial charge in [-0.05, 0) is 76.7 Å². The van der Waals surface area contributed by atoms with Crippen LogP contribution in [0.25, 0.3) is 89.4 Å². The third kappa shape index (κ3) is 9.89. The largest absolute Gasteiger partial charge is 0.248 e. The molecule has 0 unspecified atom stereocenters. The molecule has 0 fully saturated rings. The van der Waals surface area contributed by atoms with Crippen LogP contribution in [-0.2, 0) is 0 Å². The molecule has 0 amide bonds. The van der Waals surface area contributed by atoms with Crippen molar-refractivity contribution in [3.63, 3.8) is 0 Å². The molecule has 0 radical (unpaired) electrons. The van der Waals surface area contributed by atoms with Gasteiger partial charge in [0.2, 0.25) is 0 Å². The van der Waals surface area contributed by atoms with E-state index >= 15 is 0 Å². The number of benzene rings is 7. The average Bonchev–Trinajstić information content (AvgIpc) is 3.34. The third-order valence-electron chi connectivity index (χ3n) is 9.92. The van der Waals surface area contributed by atoms with E-state index in [4.69, 9.17) is 15.0 Å². The molecule has 0 N–H and O–H groups in total. The Hall–Kier alpha value is -8.26. The van der Waals surface area contributed by atoms with E-state index in [0.717, 1.165) is 89.4 Å². The quantitative estimate of drug-likeness (QED) is 0.114. The van der Waals surface area contributed by atoms with E-state index in [-0.39, 0.29) is 0 Å². The molecule has 292 valence electrons. The van der Waals surface area contributed by atoms with Gasteiger partial charge in [0.1, 0.15) is 0 Å². The summed E-state index contributed by atoms with van der Waals surface area (Å²) in [6.07, 6.45) is 5.03. The minimum absolute atomic E-state index is 0.613. The predicted octanol–water partition coefficient (Wildman–Crippen LogP) is 15.1. The van der Waals surface area contributed by atoms with E-state index in [1.54, 1.807) is 18.2 Å². The SMILES string of the molecule is C=CC.C=CC=C.N#Cc1ccc(-c2nc3ccccc3nc2-c2ccc(-c3ccc(-c4ccc(-c5cc(-c6ccccc6)nc(-c6ccccc6)c5)cc4)cc3)cc2)cc1. The van der Waals surface area contributed by atoms with Crippen molar-refractivity contribution < 1.29 is 0 Å². The first kappa shape index (κ1) is 40.9. The number of allylic oxidation sites excluding steroid dienone is 3. The molecular formula is C57H44N4. The van der Waals surface area contributed by atoms with E-state index in [1.165, 1.54) is 0 Å². The first-order chi connectivity index (χ1) is 30.0. The number of hydrogen-bond acceptors (Lipinski definition) is 4. The van der Waals surface area contributed by atoms with Crippen molar-refractivity contribution in [1.29, 1.82) is 5.26 Å². The molecule has 4 heteroatoms. The van der Waals surface area contributed by atoms with Gasteiger partial charge in [0.05, 0.1) is 45.4 Å². The van der Waals surface area contributed by atoms with Crippen LogP contribution in [0.5, 0.6) is 0 Å². The van der Waals surface area contributed by atoms with Gasteiger partial charge in [-0.25, -0.2) is 15.0 Å². The van der Waals surface area contributed by atoms with Crippen LogP contribution in [0, 0.1) is 11.3 Å². The highest BCUT2D eigenvalue weighted by Gasteiger charge is 2.14. The molecule has 61 heavy (non-hydrogen) atoms. The standard InChI is InChI=1S/C50H32N4.C4H6.C3H6/c51-33-34-15-17-42(18-16-34)49-50(54-46-14-8-7-13-45(46)53-49)43-29-27-38(28-30-43)36-21-19-35(20-22-36)37-23-25-39(26-24-37)44-31-47(40-9-3-1-4-10-40)52-48(32-44)41-11-5-2-6-12-41;1-3-4-2;1-3-2/h1-32H;3-4H,1-2H2;3H,1H2,2H3. The summed E-state index contributed by atoms with van der Waals surface area (Å²) < 4.78 is 0. The Labute approximate surface area is 358 Å². The number of hydrogen-bond donors (Lipinski definition) is 0. The summed E-state index contributed by atoms with van der Waals surface area (Å²) in [6.45, 7) is 12.0. The van der Waals surface area contributed by atoms with Crippen LogP contribution in [-0.4, -0.2) is 15.0 Å². The van der Waals surface area contributed by atoms with Crippen LogP contribution in [0.2, 0.25) is 0 Å². The number of aromatic nitrogens is 3. The fraction of sp³-hybridized carbons (Fsp3) is 0.0175. The molecule has 0 aliphatic carbocycles. The predicted molar refractivity (Wildman–Crippen MR) is 256 cm³/mol. The number of para-hydroxylation sites is 2.